The second kappa shape index (κ2) is 8.79. The van der Waals surface area contributed by atoms with Gasteiger partial charge in [-0.3, -0.25) is 4.79 Å². The summed E-state index contributed by atoms with van der Waals surface area (Å²) in [7, 11) is -1.02. The van der Waals surface area contributed by atoms with E-state index in [1.165, 1.54) is 23.0 Å². The number of ether oxygens (including phenoxy) is 1. The highest BCUT2D eigenvalue weighted by Gasteiger charge is 2.54. The van der Waals surface area contributed by atoms with Crippen LogP contribution in [-0.2, 0) is 9.53 Å². The first kappa shape index (κ1) is 21.1. The first-order valence-corrected chi connectivity index (χ1v) is 12.2. The van der Waals surface area contributed by atoms with Crippen molar-refractivity contribution in [2.75, 3.05) is 7.11 Å². The van der Waals surface area contributed by atoms with Crippen molar-refractivity contribution in [3.8, 4) is 0 Å². The minimum atomic E-state index is -2.50. The Morgan fingerprint density at radius 2 is 1.21 bits per heavy atom. The molecule has 0 saturated heterocycles. The van der Waals surface area contributed by atoms with Crippen LogP contribution in [0.15, 0.2) is 91.0 Å². The smallest absolute Gasteiger partial charge is 0.305 e. The van der Waals surface area contributed by atoms with Crippen molar-refractivity contribution in [2.24, 2.45) is 0 Å². The maximum absolute atomic E-state index is 12.6. The van der Waals surface area contributed by atoms with Crippen LogP contribution in [0.5, 0.6) is 0 Å². The molecule has 2 nitrogen and oxygen atoms in total. The third kappa shape index (κ3) is 4.06. The summed E-state index contributed by atoms with van der Waals surface area (Å²) in [6.45, 7) is 6.98. The lowest BCUT2D eigenvalue weighted by atomic mass is 10.1. The molecule has 3 aromatic carbocycles. The van der Waals surface area contributed by atoms with Gasteiger partial charge in [0.15, 0.2) is 0 Å². The average molecular weight is 403 g/mol. The molecule has 0 aliphatic carbocycles. The predicted octanol–water partition coefficient (Wildman–Crippen LogP) is 4.94. The first-order valence-electron chi connectivity index (χ1n) is 10.1. The molecular weight excluding hydrogens is 372 g/mol. The van der Waals surface area contributed by atoms with E-state index in [-0.39, 0.29) is 16.5 Å². The van der Waals surface area contributed by atoms with E-state index in [2.05, 4.69) is 106 Å². The zero-order chi connectivity index (χ0) is 20.9. The van der Waals surface area contributed by atoms with Gasteiger partial charge in [0, 0.05) is 0 Å². The number of carbonyl (C=O) groups excluding carboxylic acids is 1. The summed E-state index contributed by atoms with van der Waals surface area (Å²) < 4.78 is 5.17. The number of hydrogen-bond donors (Lipinski definition) is 0. The number of benzene rings is 3. The molecule has 150 valence electrons. The van der Waals surface area contributed by atoms with Crippen molar-refractivity contribution in [2.45, 2.75) is 37.8 Å². The van der Waals surface area contributed by atoms with Crippen molar-refractivity contribution in [1.29, 1.82) is 0 Å². The summed E-state index contributed by atoms with van der Waals surface area (Å²) in [4.78, 5) is 12.6. The molecule has 0 aliphatic rings. The SMILES string of the molecule is COC(=O)CC(c1ccccc1)[Si](c1ccccc1)(c1ccccc1)C(C)(C)C. The molecule has 0 radical (unpaired) electrons. The van der Waals surface area contributed by atoms with Crippen molar-refractivity contribution >= 4 is 24.4 Å². The van der Waals surface area contributed by atoms with Gasteiger partial charge in [-0.1, -0.05) is 122 Å². The van der Waals surface area contributed by atoms with Crippen LogP contribution >= 0.6 is 0 Å². The van der Waals surface area contributed by atoms with Gasteiger partial charge in [0.25, 0.3) is 0 Å². The zero-order valence-corrected chi connectivity index (χ0v) is 18.8. The molecule has 1 unspecified atom stereocenters. The van der Waals surface area contributed by atoms with Crippen molar-refractivity contribution in [1.82, 2.24) is 0 Å². The van der Waals surface area contributed by atoms with Crippen LogP contribution in [0, 0.1) is 0 Å². The Morgan fingerprint density at radius 3 is 1.59 bits per heavy atom. The fourth-order valence-corrected chi connectivity index (χ4v) is 11.3. The van der Waals surface area contributed by atoms with Gasteiger partial charge in [0.2, 0.25) is 0 Å². The Bertz CT molecular complexity index is 876. The molecular formula is C26H30O2Si. The van der Waals surface area contributed by atoms with E-state index in [1.807, 2.05) is 6.07 Å². The molecule has 0 amide bonds. The Morgan fingerprint density at radius 1 is 0.793 bits per heavy atom. The maximum Gasteiger partial charge on any atom is 0.305 e. The van der Waals surface area contributed by atoms with Crippen LogP contribution in [-0.4, -0.2) is 21.2 Å². The van der Waals surface area contributed by atoms with Gasteiger partial charge < -0.3 is 4.74 Å². The Balaban J connectivity index is 2.39. The summed E-state index contributed by atoms with van der Waals surface area (Å²) in [5.41, 5.74) is 1.26. The lowest BCUT2D eigenvalue weighted by Gasteiger charge is -2.49. The number of methoxy groups -OCH3 is 1. The molecule has 29 heavy (non-hydrogen) atoms. The zero-order valence-electron chi connectivity index (χ0n) is 17.8. The molecule has 0 fully saturated rings. The average Bonchev–Trinajstić information content (AvgIpc) is 2.74. The highest BCUT2D eigenvalue weighted by Crippen LogP contribution is 2.46. The van der Waals surface area contributed by atoms with Crippen LogP contribution in [0.1, 0.15) is 38.3 Å². The number of hydrogen-bond acceptors (Lipinski definition) is 2. The fraction of sp³-hybridized carbons (Fsp3) is 0.269. The van der Waals surface area contributed by atoms with E-state index >= 15 is 0 Å². The summed E-state index contributed by atoms with van der Waals surface area (Å²) in [6, 6.07) is 32.1. The number of esters is 1. The summed E-state index contributed by atoms with van der Waals surface area (Å²) >= 11 is 0. The van der Waals surface area contributed by atoms with Gasteiger partial charge in [-0.2, -0.15) is 0 Å². The monoisotopic (exact) mass is 402 g/mol. The van der Waals surface area contributed by atoms with Crippen LogP contribution in [0.2, 0.25) is 5.04 Å². The van der Waals surface area contributed by atoms with Crippen LogP contribution < -0.4 is 10.4 Å². The van der Waals surface area contributed by atoms with Crippen molar-refractivity contribution in [3.05, 3.63) is 96.6 Å². The topological polar surface area (TPSA) is 26.3 Å². The standard InChI is InChI=1S/C26H30O2Si/c1-26(2,3)29(22-16-10-6-11-17-22,23-18-12-7-13-19-23)24(20-25(27)28-4)21-14-8-5-9-15-21/h5-19,24H,20H2,1-4H3. The summed E-state index contributed by atoms with van der Waals surface area (Å²) in [5, 5.41) is 2.65. The molecule has 3 rings (SSSR count). The third-order valence-electron chi connectivity index (χ3n) is 5.96. The van der Waals surface area contributed by atoms with Gasteiger partial charge in [0.1, 0.15) is 8.07 Å². The van der Waals surface area contributed by atoms with Crippen molar-refractivity contribution in [3.63, 3.8) is 0 Å². The van der Waals surface area contributed by atoms with E-state index in [4.69, 9.17) is 4.74 Å². The second-order valence-electron chi connectivity index (χ2n) is 8.53. The summed E-state index contributed by atoms with van der Waals surface area (Å²) in [6.07, 6.45) is 0.369. The van der Waals surface area contributed by atoms with Gasteiger partial charge in [-0.25, -0.2) is 0 Å². The third-order valence-corrected chi connectivity index (χ3v) is 12.4. The Labute approximate surface area is 175 Å². The number of rotatable bonds is 6. The molecule has 0 saturated carbocycles. The van der Waals surface area contributed by atoms with E-state index in [0.717, 1.165) is 0 Å². The van der Waals surface area contributed by atoms with E-state index < -0.39 is 8.07 Å². The normalized spacial score (nSPS) is 13.0. The minimum absolute atomic E-state index is 0.0375. The van der Waals surface area contributed by atoms with Gasteiger partial charge in [-0.15, -0.1) is 0 Å². The quantitative estimate of drug-likeness (QED) is 0.431. The molecule has 3 heteroatoms. The lowest BCUT2D eigenvalue weighted by molar-refractivity contribution is -0.140. The van der Waals surface area contributed by atoms with Crippen LogP contribution in [0.4, 0.5) is 0 Å². The lowest BCUT2D eigenvalue weighted by Crippen LogP contribution is -2.68. The van der Waals surface area contributed by atoms with Crippen molar-refractivity contribution < 1.29 is 9.53 Å². The largest absolute Gasteiger partial charge is 0.469 e. The molecule has 0 bridgehead atoms. The fourth-order valence-electron chi connectivity index (χ4n) is 4.82. The molecule has 1 atom stereocenters. The van der Waals surface area contributed by atoms with Gasteiger partial charge in [0.05, 0.1) is 13.5 Å². The van der Waals surface area contributed by atoms with Gasteiger partial charge >= 0.3 is 5.97 Å². The molecule has 0 heterocycles. The number of carbonyl (C=O) groups is 1. The predicted molar refractivity (Wildman–Crippen MR) is 123 cm³/mol. The van der Waals surface area contributed by atoms with Crippen LogP contribution in [0.3, 0.4) is 0 Å². The Kier molecular flexibility index (Phi) is 6.38. The van der Waals surface area contributed by atoms with E-state index in [0.29, 0.717) is 6.42 Å². The molecule has 3 aromatic rings. The van der Waals surface area contributed by atoms with Gasteiger partial charge in [-0.05, 0) is 16.1 Å². The Hall–Kier alpha value is -2.65. The summed E-state index contributed by atoms with van der Waals surface area (Å²) in [5.74, 6) is -0.160. The highest BCUT2D eigenvalue weighted by atomic mass is 28.3. The minimum Gasteiger partial charge on any atom is -0.469 e. The highest BCUT2D eigenvalue weighted by molar-refractivity contribution is 7.05. The second-order valence-corrected chi connectivity index (χ2v) is 13.5. The van der Waals surface area contributed by atoms with E-state index in [9.17, 15) is 4.79 Å². The molecule has 0 N–H and O–H groups in total. The molecule has 0 spiro atoms. The first-order chi connectivity index (χ1) is 13.9. The molecule has 0 aliphatic heterocycles. The van der Waals surface area contributed by atoms with Crippen LogP contribution in [0.25, 0.3) is 0 Å². The molecule has 0 aromatic heterocycles. The maximum atomic E-state index is 12.6. The van der Waals surface area contributed by atoms with E-state index in [1.54, 1.807) is 0 Å².